The second-order valence-electron chi connectivity index (χ2n) is 8.09. The number of hydrogen-bond donors (Lipinski definition) is 0. The van der Waals surface area contributed by atoms with Crippen molar-refractivity contribution in [2.75, 3.05) is 26.8 Å². The molecule has 3 aromatic rings. The summed E-state index contributed by atoms with van der Waals surface area (Å²) in [5.41, 5.74) is 4.12. The highest BCUT2D eigenvalue weighted by atomic mass is 32.2. The van der Waals surface area contributed by atoms with Gasteiger partial charge >= 0.3 is 0 Å². The SMILES string of the molecule is COCCn1c(C2CCN(S(=O)(=O)c3ccc4c(c3)CCC4)C2)nc2cccnc21. The van der Waals surface area contributed by atoms with Gasteiger partial charge in [-0.05, 0) is 61.1 Å². The number of rotatable bonds is 6. The lowest BCUT2D eigenvalue weighted by molar-refractivity contribution is 0.187. The Morgan fingerprint density at radius 1 is 1.20 bits per heavy atom. The number of pyridine rings is 1. The van der Waals surface area contributed by atoms with Crippen molar-refractivity contribution in [2.45, 2.75) is 43.0 Å². The molecule has 0 bridgehead atoms. The maximum atomic E-state index is 13.3. The molecular weight excluding hydrogens is 400 g/mol. The number of aromatic nitrogens is 3. The van der Waals surface area contributed by atoms with Gasteiger partial charge in [0.25, 0.3) is 0 Å². The molecule has 7 nitrogen and oxygen atoms in total. The number of imidazole rings is 1. The minimum Gasteiger partial charge on any atom is -0.383 e. The summed E-state index contributed by atoms with van der Waals surface area (Å²) in [6, 6.07) is 9.45. The van der Waals surface area contributed by atoms with E-state index in [1.165, 1.54) is 11.1 Å². The van der Waals surface area contributed by atoms with E-state index in [-0.39, 0.29) is 5.92 Å². The average Bonchev–Trinajstić information content (AvgIpc) is 3.49. The van der Waals surface area contributed by atoms with Crippen LogP contribution in [0.2, 0.25) is 0 Å². The predicted octanol–water partition coefficient (Wildman–Crippen LogP) is 2.74. The fourth-order valence-electron chi connectivity index (χ4n) is 4.71. The van der Waals surface area contributed by atoms with Gasteiger partial charge in [0.2, 0.25) is 10.0 Å². The quantitative estimate of drug-likeness (QED) is 0.606. The number of fused-ring (bicyclic) bond motifs is 2. The lowest BCUT2D eigenvalue weighted by Crippen LogP contribution is -2.29. The van der Waals surface area contributed by atoms with Crippen molar-refractivity contribution in [1.29, 1.82) is 0 Å². The van der Waals surface area contributed by atoms with Gasteiger partial charge in [0.05, 0.1) is 11.5 Å². The van der Waals surface area contributed by atoms with Crippen LogP contribution in [0.3, 0.4) is 0 Å². The molecule has 0 N–H and O–H groups in total. The minimum absolute atomic E-state index is 0.0419. The Hall–Kier alpha value is -2.29. The summed E-state index contributed by atoms with van der Waals surface area (Å²) in [5, 5.41) is 0. The number of nitrogens with zero attached hydrogens (tertiary/aromatic N) is 4. The standard InChI is InChI=1S/C22H26N4O3S/c1-29-13-12-26-21(24-20-6-3-10-23-22(20)26)18-9-11-25(15-18)30(27,28)19-8-7-16-4-2-5-17(16)14-19/h3,6-8,10,14,18H,2,4-5,9,11-13,15H2,1H3. The first-order valence-electron chi connectivity index (χ1n) is 10.5. The molecule has 0 saturated carbocycles. The Labute approximate surface area is 176 Å². The summed E-state index contributed by atoms with van der Waals surface area (Å²) < 4.78 is 35.6. The zero-order valence-corrected chi connectivity index (χ0v) is 17.9. The fraction of sp³-hybridized carbons (Fsp3) is 0.455. The second-order valence-corrected chi connectivity index (χ2v) is 10.0. The van der Waals surface area contributed by atoms with Gasteiger partial charge in [-0.3, -0.25) is 0 Å². The maximum absolute atomic E-state index is 13.3. The fourth-order valence-corrected chi connectivity index (χ4v) is 6.26. The number of aryl methyl sites for hydroxylation is 2. The van der Waals surface area contributed by atoms with E-state index in [4.69, 9.17) is 9.72 Å². The molecule has 1 atom stereocenters. The first-order chi connectivity index (χ1) is 14.6. The second kappa shape index (κ2) is 7.76. The van der Waals surface area contributed by atoms with E-state index in [1.807, 2.05) is 24.3 Å². The van der Waals surface area contributed by atoms with Crippen molar-refractivity contribution in [3.63, 3.8) is 0 Å². The highest BCUT2D eigenvalue weighted by Gasteiger charge is 2.36. The zero-order chi connectivity index (χ0) is 20.7. The van der Waals surface area contributed by atoms with Gasteiger partial charge in [-0.15, -0.1) is 0 Å². The molecule has 3 heterocycles. The number of ether oxygens (including phenoxy) is 1. The Kier molecular flexibility index (Phi) is 5.08. The summed E-state index contributed by atoms with van der Waals surface area (Å²) >= 11 is 0. The summed E-state index contributed by atoms with van der Waals surface area (Å²) in [4.78, 5) is 9.71. The van der Waals surface area contributed by atoms with Crippen LogP contribution in [0.5, 0.6) is 0 Å². The van der Waals surface area contributed by atoms with Crippen LogP contribution in [0.15, 0.2) is 41.4 Å². The van der Waals surface area contributed by atoms with Crippen LogP contribution < -0.4 is 0 Å². The number of sulfonamides is 1. The lowest BCUT2D eigenvalue weighted by Gasteiger charge is -2.18. The summed E-state index contributed by atoms with van der Waals surface area (Å²) in [6.07, 6.45) is 5.64. The molecule has 1 aliphatic carbocycles. The molecule has 0 spiro atoms. The van der Waals surface area contributed by atoms with Crippen LogP contribution in [0.1, 0.15) is 35.7 Å². The molecule has 2 aliphatic rings. The van der Waals surface area contributed by atoms with Crippen LogP contribution in [-0.4, -0.2) is 54.1 Å². The Morgan fingerprint density at radius 3 is 2.93 bits per heavy atom. The largest absolute Gasteiger partial charge is 0.383 e. The van der Waals surface area contributed by atoms with Crippen molar-refractivity contribution >= 4 is 21.2 Å². The molecule has 1 unspecified atom stereocenters. The molecule has 30 heavy (non-hydrogen) atoms. The van der Waals surface area contributed by atoms with E-state index in [2.05, 4.69) is 9.55 Å². The minimum atomic E-state index is -3.51. The first-order valence-corrected chi connectivity index (χ1v) is 11.9. The highest BCUT2D eigenvalue weighted by Crippen LogP contribution is 2.33. The summed E-state index contributed by atoms with van der Waals surface area (Å²) in [7, 11) is -1.83. The van der Waals surface area contributed by atoms with Gasteiger partial charge in [0.15, 0.2) is 5.65 Å². The molecule has 1 fully saturated rings. The molecule has 8 heteroatoms. The molecule has 5 rings (SSSR count). The third kappa shape index (κ3) is 3.33. The van der Waals surface area contributed by atoms with Crippen LogP contribution in [-0.2, 0) is 34.1 Å². The first kappa shape index (κ1) is 19.7. The molecule has 1 aromatic carbocycles. The van der Waals surface area contributed by atoms with Crippen molar-refractivity contribution in [3.05, 3.63) is 53.5 Å². The Morgan fingerprint density at radius 2 is 2.07 bits per heavy atom. The molecule has 1 saturated heterocycles. The molecular formula is C22H26N4O3S. The van der Waals surface area contributed by atoms with Gasteiger partial charge in [-0.2, -0.15) is 4.31 Å². The van der Waals surface area contributed by atoms with Crippen molar-refractivity contribution < 1.29 is 13.2 Å². The number of hydrogen-bond acceptors (Lipinski definition) is 5. The highest BCUT2D eigenvalue weighted by molar-refractivity contribution is 7.89. The van der Waals surface area contributed by atoms with E-state index in [1.54, 1.807) is 23.7 Å². The normalized spacial score (nSPS) is 19.6. The third-order valence-corrected chi connectivity index (χ3v) is 8.14. The Balaban J connectivity index is 1.43. The average molecular weight is 427 g/mol. The predicted molar refractivity (Wildman–Crippen MR) is 114 cm³/mol. The molecule has 0 radical (unpaired) electrons. The van der Waals surface area contributed by atoms with Crippen molar-refractivity contribution in [2.24, 2.45) is 0 Å². The van der Waals surface area contributed by atoms with Crippen LogP contribution in [0.25, 0.3) is 11.2 Å². The topological polar surface area (TPSA) is 77.3 Å². The van der Waals surface area contributed by atoms with E-state index in [0.29, 0.717) is 31.1 Å². The smallest absolute Gasteiger partial charge is 0.243 e. The summed E-state index contributed by atoms with van der Waals surface area (Å²) in [5.74, 6) is 0.938. The number of methoxy groups -OCH3 is 1. The molecule has 2 aromatic heterocycles. The van der Waals surface area contributed by atoms with Crippen LogP contribution >= 0.6 is 0 Å². The number of benzene rings is 1. The Bertz CT molecular complexity index is 1190. The van der Waals surface area contributed by atoms with Crippen LogP contribution in [0, 0.1) is 0 Å². The van der Waals surface area contributed by atoms with E-state index < -0.39 is 10.0 Å². The monoisotopic (exact) mass is 426 g/mol. The molecule has 0 amide bonds. The van der Waals surface area contributed by atoms with Gasteiger partial charge in [-0.1, -0.05) is 6.07 Å². The third-order valence-electron chi connectivity index (χ3n) is 6.28. The molecule has 158 valence electrons. The van der Waals surface area contributed by atoms with Gasteiger partial charge in [0, 0.05) is 38.9 Å². The zero-order valence-electron chi connectivity index (χ0n) is 17.1. The summed E-state index contributed by atoms with van der Waals surface area (Å²) in [6.45, 7) is 2.15. The van der Waals surface area contributed by atoms with Crippen molar-refractivity contribution in [1.82, 2.24) is 18.8 Å². The maximum Gasteiger partial charge on any atom is 0.243 e. The van der Waals surface area contributed by atoms with Crippen molar-refractivity contribution in [3.8, 4) is 0 Å². The van der Waals surface area contributed by atoms with Crippen LogP contribution in [0.4, 0.5) is 0 Å². The lowest BCUT2D eigenvalue weighted by atomic mass is 10.1. The van der Waals surface area contributed by atoms with E-state index in [9.17, 15) is 8.42 Å². The van der Waals surface area contributed by atoms with Gasteiger partial charge in [0.1, 0.15) is 11.3 Å². The van der Waals surface area contributed by atoms with E-state index in [0.717, 1.165) is 42.7 Å². The van der Waals surface area contributed by atoms with E-state index >= 15 is 0 Å². The van der Waals surface area contributed by atoms with Gasteiger partial charge in [-0.25, -0.2) is 18.4 Å². The molecule has 1 aliphatic heterocycles. The van der Waals surface area contributed by atoms with Gasteiger partial charge < -0.3 is 9.30 Å².